The van der Waals surface area contributed by atoms with E-state index in [0.717, 1.165) is 24.6 Å². The van der Waals surface area contributed by atoms with Gasteiger partial charge in [0.05, 0.1) is 6.61 Å². The zero-order chi connectivity index (χ0) is 13.5. The van der Waals surface area contributed by atoms with Crippen LogP contribution in [0.1, 0.15) is 25.1 Å². The number of aromatic nitrogens is 1. The number of aryl methyl sites for hydroxylation is 1. The number of methoxy groups -OCH3 is 1. The van der Waals surface area contributed by atoms with Crippen LogP contribution in [-0.2, 0) is 11.3 Å². The molecular weight excluding hydrogens is 226 g/mol. The fourth-order valence-electron chi connectivity index (χ4n) is 1.68. The fraction of sp³-hybridized carbons (Fsp3) is 0.643. The van der Waals surface area contributed by atoms with Crippen LogP contribution in [0.2, 0.25) is 0 Å². The average Bonchev–Trinajstić information content (AvgIpc) is 2.32. The van der Waals surface area contributed by atoms with Gasteiger partial charge in [-0.25, -0.2) is 4.98 Å². The standard InChI is InChI=1S/C14H25N3O/c1-11(2)15-10-13-8-12(3)16-14(9-13)17(4)6-7-18-5/h8-9,11,15H,6-7,10H2,1-5H3. The summed E-state index contributed by atoms with van der Waals surface area (Å²) in [7, 11) is 3.76. The van der Waals surface area contributed by atoms with E-state index >= 15 is 0 Å². The number of hydrogen-bond acceptors (Lipinski definition) is 4. The van der Waals surface area contributed by atoms with Crippen LogP contribution in [0.3, 0.4) is 0 Å². The molecule has 0 fully saturated rings. The zero-order valence-corrected chi connectivity index (χ0v) is 12.2. The molecule has 0 aliphatic carbocycles. The van der Waals surface area contributed by atoms with E-state index in [1.165, 1.54) is 5.56 Å². The maximum atomic E-state index is 5.09. The molecule has 0 saturated heterocycles. The maximum absolute atomic E-state index is 5.09. The first-order valence-electron chi connectivity index (χ1n) is 6.44. The van der Waals surface area contributed by atoms with Gasteiger partial charge in [-0.2, -0.15) is 0 Å². The van der Waals surface area contributed by atoms with Crippen LogP contribution in [0, 0.1) is 6.92 Å². The number of rotatable bonds is 7. The van der Waals surface area contributed by atoms with E-state index in [2.05, 4.69) is 41.2 Å². The van der Waals surface area contributed by atoms with Crippen molar-refractivity contribution < 1.29 is 4.74 Å². The summed E-state index contributed by atoms with van der Waals surface area (Å²) in [4.78, 5) is 6.68. The van der Waals surface area contributed by atoms with Crippen LogP contribution in [0.15, 0.2) is 12.1 Å². The molecule has 1 aromatic heterocycles. The molecule has 18 heavy (non-hydrogen) atoms. The van der Waals surface area contributed by atoms with Crippen LogP contribution >= 0.6 is 0 Å². The van der Waals surface area contributed by atoms with Gasteiger partial charge >= 0.3 is 0 Å². The first kappa shape index (κ1) is 14.9. The summed E-state index contributed by atoms with van der Waals surface area (Å²) in [5.41, 5.74) is 2.33. The lowest BCUT2D eigenvalue weighted by molar-refractivity contribution is 0.206. The average molecular weight is 251 g/mol. The lowest BCUT2D eigenvalue weighted by atomic mass is 10.2. The normalized spacial score (nSPS) is 11.0. The van der Waals surface area contributed by atoms with Gasteiger partial charge in [-0.15, -0.1) is 0 Å². The van der Waals surface area contributed by atoms with Gasteiger partial charge in [0.2, 0.25) is 0 Å². The summed E-state index contributed by atoms with van der Waals surface area (Å²) in [6, 6.07) is 4.76. The molecule has 0 aromatic carbocycles. The van der Waals surface area contributed by atoms with Crippen molar-refractivity contribution in [3.63, 3.8) is 0 Å². The smallest absolute Gasteiger partial charge is 0.128 e. The quantitative estimate of drug-likeness (QED) is 0.804. The molecule has 0 spiro atoms. The molecule has 4 heteroatoms. The van der Waals surface area contributed by atoms with Crippen molar-refractivity contribution in [1.29, 1.82) is 0 Å². The molecular formula is C14H25N3O. The highest BCUT2D eigenvalue weighted by atomic mass is 16.5. The summed E-state index contributed by atoms with van der Waals surface area (Å²) in [6.45, 7) is 8.79. The molecule has 1 aromatic rings. The molecule has 1 N–H and O–H groups in total. The first-order chi connectivity index (χ1) is 8.52. The number of likely N-dealkylation sites (N-methyl/N-ethyl adjacent to an activating group) is 1. The van der Waals surface area contributed by atoms with Crippen molar-refractivity contribution in [2.24, 2.45) is 0 Å². The topological polar surface area (TPSA) is 37.4 Å². The predicted molar refractivity (Wildman–Crippen MR) is 76.1 cm³/mol. The van der Waals surface area contributed by atoms with Gasteiger partial charge in [0.15, 0.2) is 0 Å². The van der Waals surface area contributed by atoms with Gasteiger partial charge < -0.3 is 15.0 Å². The number of pyridine rings is 1. The summed E-state index contributed by atoms with van der Waals surface area (Å²) in [6.07, 6.45) is 0. The Morgan fingerprint density at radius 1 is 1.39 bits per heavy atom. The second kappa shape index (κ2) is 7.34. The molecule has 0 amide bonds. The number of anilines is 1. The molecule has 0 aliphatic heterocycles. The molecule has 0 atom stereocenters. The molecule has 4 nitrogen and oxygen atoms in total. The van der Waals surface area contributed by atoms with Gasteiger partial charge in [-0.1, -0.05) is 13.8 Å². The highest BCUT2D eigenvalue weighted by molar-refractivity contribution is 5.41. The molecule has 0 saturated carbocycles. The van der Waals surface area contributed by atoms with Gasteiger partial charge in [-0.05, 0) is 24.6 Å². The highest BCUT2D eigenvalue weighted by Crippen LogP contribution is 2.13. The Balaban J connectivity index is 2.73. The van der Waals surface area contributed by atoms with E-state index in [9.17, 15) is 0 Å². The third kappa shape index (κ3) is 5.02. The molecule has 0 bridgehead atoms. The summed E-state index contributed by atoms with van der Waals surface area (Å²) >= 11 is 0. The first-order valence-corrected chi connectivity index (χ1v) is 6.44. The van der Waals surface area contributed by atoms with E-state index in [0.29, 0.717) is 12.6 Å². The number of hydrogen-bond donors (Lipinski definition) is 1. The lowest BCUT2D eigenvalue weighted by Crippen LogP contribution is -2.25. The van der Waals surface area contributed by atoms with E-state index in [1.54, 1.807) is 7.11 Å². The second-order valence-corrected chi connectivity index (χ2v) is 4.92. The Morgan fingerprint density at radius 2 is 2.11 bits per heavy atom. The number of nitrogens with one attached hydrogen (secondary N) is 1. The van der Waals surface area contributed by atoms with E-state index in [4.69, 9.17) is 4.74 Å². The van der Waals surface area contributed by atoms with Crippen molar-refractivity contribution in [2.75, 3.05) is 32.2 Å². The van der Waals surface area contributed by atoms with Crippen molar-refractivity contribution >= 4 is 5.82 Å². The van der Waals surface area contributed by atoms with E-state index in [-0.39, 0.29) is 0 Å². The minimum Gasteiger partial charge on any atom is -0.383 e. The van der Waals surface area contributed by atoms with Crippen LogP contribution < -0.4 is 10.2 Å². The van der Waals surface area contributed by atoms with Crippen molar-refractivity contribution in [3.05, 3.63) is 23.4 Å². The Hall–Kier alpha value is -1.13. The summed E-state index contributed by atoms with van der Waals surface area (Å²) in [5.74, 6) is 1.01. The predicted octanol–water partition coefficient (Wildman–Crippen LogP) is 1.97. The lowest BCUT2D eigenvalue weighted by Gasteiger charge is -2.19. The van der Waals surface area contributed by atoms with Crippen LogP contribution in [0.4, 0.5) is 5.82 Å². The molecule has 0 unspecified atom stereocenters. The van der Waals surface area contributed by atoms with Gasteiger partial charge in [-0.3, -0.25) is 0 Å². The molecule has 1 heterocycles. The van der Waals surface area contributed by atoms with E-state index in [1.807, 2.05) is 14.0 Å². The fourth-order valence-corrected chi connectivity index (χ4v) is 1.68. The third-order valence-corrected chi connectivity index (χ3v) is 2.74. The SMILES string of the molecule is COCCN(C)c1cc(CNC(C)C)cc(C)n1. The maximum Gasteiger partial charge on any atom is 0.128 e. The third-order valence-electron chi connectivity index (χ3n) is 2.74. The molecule has 0 radical (unpaired) electrons. The zero-order valence-electron chi connectivity index (χ0n) is 12.2. The molecule has 0 aliphatic rings. The molecule has 102 valence electrons. The Morgan fingerprint density at radius 3 is 2.72 bits per heavy atom. The number of nitrogens with zero attached hydrogens (tertiary/aromatic N) is 2. The van der Waals surface area contributed by atoms with Gasteiger partial charge in [0.1, 0.15) is 5.82 Å². The van der Waals surface area contributed by atoms with Crippen LogP contribution in [0.5, 0.6) is 0 Å². The Bertz CT molecular complexity index is 366. The summed E-state index contributed by atoms with van der Waals surface area (Å²) < 4.78 is 5.09. The number of ether oxygens (including phenoxy) is 1. The largest absolute Gasteiger partial charge is 0.383 e. The van der Waals surface area contributed by atoms with Gasteiger partial charge in [0.25, 0.3) is 0 Å². The molecule has 1 rings (SSSR count). The monoisotopic (exact) mass is 251 g/mol. The highest BCUT2D eigenvalue weighted by Gasteiger charge is 2.05. The van der Waals surface area contributed by atoms with Crippen molar-refractivity contribution in [1.82, 2.24) is 10.3 Å². The minimum atomic E-state index is 0.494. The van der Waals surface area contributed by atoms with Crippen LogP contribution in [0.25, 0.3) is 0 Å². The second-order valence-electron chi connectivity index (χ2n) is 4.92. The van der Waals surface area contributed by atoms with E-state index < -0.39 is 0 Å². The summed E-state index contributed by atoms with van der Waals surface area (Å²) in [5, 5.41) is 3.43. The van der Waals surface area contributed by atoms with Gasteiger partial charge in [0, 0.05) is 39.0 Å². The Labute approximate surface area is 110 Å². The van der Waals surface area contributed by atoms with Crippen molar-refractivity contribution in [2.45, 2.75) is 33.4 Å². The van der Waals surface area contributed by atoms with Crippen LogP contribution in [-0.4, -0.2) is 38.3 Å². The van der Waals surface area contributed by atoms with Crippen molar-refractivity contribution in [3.8, 4) is 0 Å². The Kier molecular flexibility index (Phi) is 6.09. The minimum absolute atomic E-state index is 0.494.